The zero-order chi connectivity index (χ0) is 21.8. The number of rotatable bonds is 10. The molecule has 3 aliphatic rings. The molecule has 1 aromatic heterocycles. The van der Waals surface area contributed by atoms with Crippen LogP contribution in [-0.2, 0) is 15.9 Å². The van der Waals surface area contributed by atoms with E-state index in [1.165, 1.54) is 25.7 Å². The van der Waals surface area contributed by atoms with Crippen molar-refractivity contribution in [3.05, 3.63) is 24.2 Å². The van der Waals surface area contributed by atoms with Gasteiger partial charge in [-0.25, -0.2) is 0 Å². The highest BCUT2D eigenvalue weighted by molar-refractivity contribution is 14.0. The third-order valence-corrected chi connectivity index (χ3v) is 7.02. The predicted octanol–water partition coefficient (Wildman–Crippen LogP) is 3.78. The van der Waals surface area contributed by atoms with Crippen LogP contribution in [0.2, 0.25) is 0 Å². The molecular weight excluding hydrogens is 531 g/mol. The lowest BCUT2D eigenvalue weighted by Gasteiger charge is -2.34. The fourth-order valence-corrected chi connectivity index (χ4v) is 5.01. The number of ether oxygens (including phenoxy) is 2. The highest BCUT2D eigenvalue weighted by atomic mass is 127. The fraction of sp³-hybridized carbons (Fsp3) is 0.800. The molecule has 0 aromatic carbocycles. The normalized spacial score (nSPS) is 21.3. The van der Waals surface area contributed by atoms with Crippen LogP contribution in [0.5, 0.6) is 0 Å². The van der Waals surface area contributed by atoms with Crippen molar-refractivity contribution in [3.63, 3.8) is 0 Å². The van der Waals surface area contributed by atoms with E-state index in [0.29, 0.717) is 6.10 Å². The highest BCUT2D eigenvalue weighted by Gasteiger charge is 2.24. The van der Waals surface area contributed by atoms with E-state index in [1.807, 2.05) is 12.1 Å². The molecule has 0 spiro atoms. The number of piperidine rings is 1. The molecule has 3 heterocycles. The first-order valence-corrected chi connectivity index (χ1v) is 12.8. The van der Waals surface area contributed by atoms with Crippen LogP contribution in [0.15, 0.2) is 27.8 Å². The van der Waals surface area contributed by atoms with Crippen molar-refractivity contribution in [2.24, 2.45) is 10.9 Å². The number of furan rings is 1. The lowest BCUT2D eigenvalue weighted by atomic mass is 10.1. The van der Waals surface area contributed by atoms with E-state index < -0.39 is 0 Å². The monoisotopic (exact) mass is 574 g/mol. The van der Waals surface area contributed by atoms with Crippen LogP contribution >= 0.6 is 24.0 Å². The molecule has 188 valence electrons. The van der Waals surface area contributed by atoms with Crippen molar-refractivity contribution in [1.29, 1.82) is 0 Å². The van der Waals surface area contributed by atoms with Crippen LogP contribution in [0.1, 0.15) is 50.7 Å². The van der Waals surface area contributed by atoms with E-state index in [-0.39, 0.29) is 24.0 Å². The maximum absolute atomic E-state index is 6.28. The van der Waals surface area contributed by atoms with E-state index in [0.717, 1.165) is 109 Å². The van der Waals surface area contributed by atoms with Gasteiger partial charge in [-0.15, -0.1) is 24.0 Å². The summed E-state index contributed by atoms with van der Waals surface area (Å²) in [6.45, 7) is 9.63. The fourth-order valence-electron chi connectivity index (χ4n) is 5.01. The van der Waals surface area contributed by atoms with Crippen molar-refractivity contribution in [3.8, 4) is 0 Å². The smallest absolute Gasteiger partial charge is 0.193 e. The Morgan fingerprint density at radius 2 is 1.88 bits per heavy atom. The van der Waals surface area contributed by atoms with Gasteiger partial charge in [0, 0.05) is 58.8 Å². The maximum Gasteiger partial charge on any atom is 0.193 e. The van der Waals surface area contributed by atoms with E-state index in [2.05, 4.69) is 15.1 Å². The summed E-state index contributed by atoms with van der Waals surface area (Å²) < 4.78 is 17.2. The molecule has 7 nitrogen and oxygen atoms in total. The van der Waals surface area contributed by atoms with Gasteiger partial charge in [0.05, 0.1) is 25.6 Å². The summed E-state index contributed by atoms with van der Waals surface area (Å²) in [6.07, 6.45) is 11.8. The quantitative estimate of drug-likeness (QED) is 0.199. The Labute approximate surface area is 216 Å². The third-order valence-electron chi connectivity index (χ3n) is 7.02. The van der Waals surface area contributed by atoms with E-state index >= 15 is 0 Å². The van der Waals surface area contributed by atoms with Crippen LogP contribution in [-0.4, -0.2) is 87.5 Å². The summed E-state index contributed by atoms with van der Waals surface area (Å²) in [7, 11) is 0. The Morgan fingerprint density at radius 3 is 2.61 bits per heavy atom. The lowest BCUT2D eigenvalue weighted by Crippen LogP contribution is -2.47. The van der Waals surface area contributed by atoms with Crippen molar-refractivity contribution >= 4 is 29.9 Å². The van der Waals surface area contributed by atoms with Crippen LogP contribution in [0, 0.1) is 5.92 Å². The van der Waals surface area contributed by atoms with Gasteiger partial charge in [-0.2, -0.15) is 0 Å². The molecule has 1 saturated carbocycles. The minimum Gasteiger partial charge on any atom is -0.469 e. The van der Waals surface area contributed by atoms with Crippen molar-refractivity contribution < 1.29 is 13.9 Å². The average molecular weight is 575 g/mol. The Bertz CT molecular complexity index is 653. The molecule has 2 saturated heterocycles. The molecule has 0 unspecified atom stereocenters. The SMILES string of the molecule is I.c1coc(CCNC(=NCCCN2CCOCC2)N2CCC(OCC3CCCC3)CC2)c1. The Morgan fingerprint density at radius 1 is 1.09 bits per heavy atom. The van der Waals surface area contributed by atoms with Gasteiger partial charge in [0.1, 0.15) is 5.76 Å². The number of guanidine groups is 1. The van der Waals surface area contributed by atoms with Gasteiger partial charge in [-0.05, 0) is 50.2 Å². The molecule has 33 heavy (non-hydrogen) atoms. The topological polar surface area (TPSA) is 62.5 Å². The first-order chi connectivity index (χ1) is 15.9. The third kappa shape index (κ3) is 9.38. The van der Waals surface area contributed by atoms with Crippen LogP contribution in [0.4, 0.5) is 0 Å². The van der Waals surface area contributed by atoms with Crippen LogP contribution in [0.3, 0.4) is 0 Å². The molecule has 1 aliphatic carbocycles. The zero-order valence-electron chi connectivity index (χ0n) is 20.1. The predicted molar refractivity (Wildman–Crippen MR) is 143 cm³/mol. The van der Waals surface area contributed by atoms with Gasteiger partial charge in [0.15, 0.2) is 5.96 Å². The Balaban J connectivity index is 0.00000306. The molecule has 0 radical (unpaired) electrons. The second-order valence-corrected chi connectivity index (χ2v) is 9.44. The Kier molecular flexibility index (Phi) is 12.3. The molecule has 0 atom stereocenters. The summed E-state index contributed by atoms with van der Waals surface area (Å²) in [4.78, 5) is 9.89. The largest absolute Gasteiger partial charge is 0.469 e. The zero-order valence-corrected chi connectivity index (χ0v) is 22.4. The summed E-state index contributed by atoms with van der Waals surface area (Å²) in [5.41, 5.74) is 0. The second-order valence-electron chi connectivity index (χ2n) is 9.44. The summed E-state index contributed by atoms with van der Waals surface area (Å²) in [5, 5.41) is 3.60. The number of morpholine rings is 1. The number of halogens is 1. The number of nitrogens with one attached hydrogen (secondary N) is 1. The van der Waals surface area contributed by atoms with Crippen molar-refractivity contribution in [2.75, 3.05) is 65.6 Å². The summed E-state index contributed by atoms with van der Waals surface area (Å²) in [5.74, 6) is 2.87. The van der Waals surface area contributed by atoms with Gasteiger partial charge in [0.2, 0.25) is 0 Å². The number of hydrogen-bond acceptors (Lipinski definition) is 5. The van der Waals surface area contributed by atoms with Gasteiger partial charge in [0.25, 0.3) is 0 Å². The first-order valence-electron chi connectivity index (χ1n) is 12.8. The summed E-state index contributed by atoms with van der Waals surface area (Å²) >= 11 is 0. The molecule has 8 heteroatoms. The molecule has 0 amide bonds. The maximum atomic E-state index is 6.28. The number of aliphatic imine (C=N–C) groups is 1. The molecule has 1 N–H and O–H groups in total. The van der Waals surface area contributed by atoms with Gasteiger partial charge in [-0.1, -0.05) is 12.8 Å². The minimum atomic E-state index is 0. The van der Waals surface area contributed by atoms with Gasteiger partial charge < -0.3 is 24.1 Å². The molecule has 1 aromatic rings. The minimum absolute atomic E-state index is 0. The molecule has 2 aliphatic heterocycles. The number of hydrogen-bond donors (Lipinski definition) is 1. The molecule has 4 rings (SSSR count). The summed E-state index contributed by atoms with van der Waals surface area (Å²) in [6, 6.07) is 3.99. The first kappa shape index (κ1) is 26.8. The van der Waals surface area contributed by atoms with E-state index in [4.69, 9.17) is 18.9 Å². The average Bonchev–Trinajstić information content (AvgIpc) is 3.55. The van der Waals surface area contributed by atoms with E-state index in [1.54, 1.807) is 6.26 Å². The van der Waals surface area contributed by atoms with Gasteiger partial charge >= 0.3 is 0 Å². The lowest BCUT2D eigenvalue weighted by molar-refractivity contribution is 0.000999. The van der Waals surface area contributed by atoms with E-state index in [9.17, 15) is 0 Å². The second kappa shape index (κ2) is 15.2. The van der Waals surface area contributed by atoms with Crippen LogP contribution < -0.4 is 5.32 Å². The molecule has 3 fully saturated rings. The number of nitrogens with zero attached hydrogens (tertiary/aromatic N) is 3. The standard InChI is InChI=1S/C25H42N4O3.HI/c1-2-6-22(5-1)21-32-24-9-14-29(15-10-24)25(27-12-8-23-7-3-18-31-23)26-11-4-13-28-16-19-30-20-17-28;/h3,7,18,22,24H,1-2,4-6,8-17,19-21H2,(H,26,27);1H. The highest BCUT2D eigenvalue weighted by Crippen LogP contribution is 2.26. The number of likely N-dealkylation sites (tertiary alicyclic amines) is 1. The molecule has 0 bridgehead atoms. The van der Waals surface area contributed by atoms with Crippen LogP contribution in [0.25, 0.3) is 0 Å². The van der Waals surface area contributed by atoms with Crippen molar-refractivity contribution in [2.45, 2.75) is 57.5 Å². The Hall–Kier alpha value is -0.840. The van der Waals surface area contributed by atoms with Gasteiger partial charge in [-0.3, -0.25) is 9.89 Å². The molecular formula is C25H43IN4O3. The van der Waals surface area contributed by atoms with Crippen molar-refractivity contribution in [1.82, 2.24) is 15.1 Å².